The first-order chi connectivity index (χ1) is 8.65. The molecule has 1 N–H and O–H groups in total. The summed E-state index contributed by atoms with van der Waals surface area (Å²) in [5, 5.41) is 6.27. The van der Waals surface area contributed by atoms with Gasteiger partial charge in [-0.25, -0.2) is 0 Å². The molecule has 1 amide bonds. The SMILES string of the molecule is O=C(NCCc1ncno1)c1cc(Br)cc(Br)c1. The molecule has 0 aliphatic heterocycles. The topological polar surface area (TPSA) is 68.0 Å². The van der Waals surface area contributed by atoms with E-state index >= 15 is 0 Å². The largest absolute Gasteiger partial charge is 0.352 e. The van der Waals surface area contributed by atoms with Crippen LogP contribution >= 0.6 is 31.9 Å². The molecule has 2 rings (SSSR count). The Labute approximate surface area is 120 Å². The molecule has 0 unspecified atom stereocenters. The standard InChI is InChI=1S/C11H9Br2N3O2/c12-8-3-7(4-9(13)5-8)11(17)14-2-1-10-15-6-16-18-10/h3-6H,1-2H2,(H,14,17). The molecule has 0 fully saturated rings. The Morgan fingerprint density at radius 1 is 1.28 bits per heavy atom. The summed E-state index contributed by atoms with van der Waals surface area (Å²) in [6.07, 6.45) is 1.85. The number of carbonyl (C=O) groups is 1. The van der Waals surface area contributed by atoms with Crippen LogP contribution in [0, 0.1) is 0 Å². The van der Waals surface area contributed by atoms with Gasteiger partial charge in [0.2, 0.25) is 5.89 Å². The summed E-state index contributed by atoms with van der Waals surface area (Å²) in [5.41, 5.74) is 0.585. The number of benzene rings is 1. The maximum absolute atomic E-state index is 11.9. The molecule has 7 heteroatoms. The van der Waals surface area contributed by atoms with E-state index in [0.717, 1.165) is 8.95 Å². The number of carbonyl (C=O) groups excluding carboxylic acids is 1. The molecule has 5 nitrogen and oxygen atoms in total. The van der Waals surface area contributed by atoms with Gasteiger partial charge in [0.15, 0.2) is 6.33 Å². The van der Waals surface area contributed by atoms with E-state index in [-0.39, 0.29) is 5.91 Å². The zero-order chi connectivity index (χ0) is 13.0. The van der Waals surface area contributed by atoms with Crippen molar-refractivity contribution in [2.75, 3.05) is 6.54 Å². The Morgan fingerprint density at radius 2 is 2.00 bits per heavy atom. The van der Waals surface area contributed by atoms with Gasteiger partial charge in [-0.15, -0.1) is 0 Å². The van der Waals surface area contributed by atoms with Crippen molar-refractivity contribution >= 4 is 37.8 Å². The third-order valence-electron chi connectivity index (χ3n) is 2.16. The first-order valence-corrected chi connectivity index (χ1v) is 6.73. The van der Waals surface area contributed by atoms with Crippen LogP contribution in [0.15, 0.2) is 38.0 Å². The van der Waals surface area contributed by atoms with E-state index < -0.39 is 0 Å². The molecule has 0 radical (unpaired) electrons. The number of halogens is 2. The highest BCUT2D eigenvalue weighted by atomic mass is 79.9. The molecule has 1 aromatic heterocycles. The molecule has 0 spiro atoms. The highest BCUT2D eigenvalue weighted by molar-refractivity contribution is 9.11. The lowest BCUT2D eigenvalue weighted by molar-refractivity contribution is 0.0953. The Bertz CT molecular complexity index is 523. The first-order valence-electron chi connectivity index (χ1n) is 5.15. The van der Waals surface area contributed by atoms with Crippen LogP contribution in [0.2, 0.25) is 0 Å². The molecule has 1 aromatic carbocycles. The molecule has 0 saturated heterocycles. The molecule has 2 aromatic rings. The number of nitrogens with one attached hydrogen (secondary N) is 1. The molecule has 0 bridgehead atoms. The summed E-state index contributed by atoms with van der Waals surface area (Å²) in [4.78, 5) is 15.7. The Morgan fingerprint density at radius 3 is 2.61 bits per heavy atom. The zero-order valence-electron chi connectivity index (χ0n) is 9.19. The first kappa shape index (κ1) is 13.2. The number of hydrogen-bond acceptors (Lipinski definition) is 4. The fourth-order valence-electron chi connectivity index (χ4n) is 1.38. The molecule has 1 heterocycles. The van der Waals surface area contributed by atoms with Crippen LogP contribution in [0.3, 0.4) is 0 Å². The van der Waals surface area contributed by atoms with Gasteiger partial charge in [-0.1, -0.05) is 37.0 Å². The fourth-order valence-corrected chi connectivity index (χ4v) is 2.67. The quantitative estimate of drug-likeness (QED) is 0.892. The maximum Gasteiger partial charge on any atom is 0.251 e. The Balaban J connectivity index is 1.91. The normalized spacial score (nSPS) is 10.3. The molecule has 94 valence electrons. The van der Waals surface area contributed by atoms with Crippen molar-refractivity contribution < 1.29 is 9.32 Å². The predicted octanol–water partition coefficient (Wildman–Crippen LogP) is 2.57. The summed E-state index contributed by atoms with van der Waals surface area (Å²) >= 11 is 6.68. The van der Waals surface area contributed by atoms with Gasteiger partial charge in [0, 0.05) is 27.5 Å². The van der Waals surface area contributed by atoms with E-state index in [2.05, 4.69) is 47.3 Å². The Hall–Kier alpha value is -1.21. The van der Waals surface area contributed by atoms with E-state index in [1.807, 2.05) is 6.07 Å². The molecule has 18 heavy (non-hydrogen) atoms. The number of amides is 1. The van der Waals surface area contributed by atoms with Crippen molar-refractivity contribution in [1.29, 1.82) is 0 Å². The summed E-state index contributed by atoms with van der Waals surface area (Å²) in [6, 6.07) is 5.38. The number of aromatic nitrogens is 2. The highest BCUT2D eigenvalue weighted by Gasteiger charge is 2.07. The van der Waals surface area contributed by atoms with Gasteiger partial charge in [0.1, 0.15) is 0 Å². The van der Waals surface area contributed by atoms with Crippen molar-refractivity contribution in [1.82, 2.24) is 15.5 Å². The van der Waals surface area contributed by atoms with Crippen molar-refractivity contribution in [3.63, 3.8) is 0 Å². The molecular formula is C11H9Br2N3O2. The molecule has 0 saturated carbocycles. The number of rotatable bonds is 4. The minimum absolute atomic E-state index is 0.142. The fraction of sp³-hybridized carbons (Fsp3) is 0.182. The maximum atomic E-state index is 11.9. The van der Waals surface area contributed by atoms with E-state index in [9.17, 15) is 4.79 Å². The van der Waals surface area contributed by atoms with Gasteiger partial charge in [-0.05, 0) is 18.2 Å². The zero-order valence-corrected chi connectivity index (χ0v) is 12.4. The summed E-state index contributed by atoms with van der Waals surface area (Å²) in [6.45, 7) is 0.450. The van der Waals surface area contributed by atoms with Crippen molar-refractivity contribution in [2.45, 2.75) is 6.42 Å². The van der Waals surface area contributed by atoms with Crippen LogP contribution in [0.1, 0.15) is 16.2 Å². The Kier molecular flexibility index (Phi) is 4.48. The molecule has 0 atom stereocenters. The van der Waals surface area contributed by atoms with Gasteiger partial charge in [0.25, 0.3) is 5.91 Å². The van der Waals surface area contributed by atoms with Crippen molar-refractivity contribution in [3.8, 4) is 0 Å². The van der Waals surface area contributed by atoms with Crippen LogP contribution in [0.5, 0.6) is 0 Å². The van der Waals surface area contributed by atoms with Crippen molar-refractivity contribution in [2.24, 2.45) is 0 Å². The second-order valence-electron chi connectivity index (χ2n) is 3.50. The second kappa shape index (κ2) is 6.10. The minimum Gasteiger partial charge on any atom is -0.352 e. The average molecular weight is 375 g/mol. The lowest BCUT2D eigenvalue weighted by atomic mass is 10.2. The number of nitrogens with zero attached hydrogens (tertiary/aromatic N) is 2. The summed E-state index contributed by atoms with van der Waals surface area (Å²) < 4.78 is 6.52. The average Bonchev–Trinajstić information content (AvgIpc) is 2.80. The van der Waals surface area contributed by atoms with E-state index in [0.29, 0.717) is 24.4 Å². The van der Waals surface area contributed by atoms with E-state index in [4.69, 9.17) is 4.52 Å². The third-order valence-corrected chi connectivity index (χ3v) is 3.07. The summed E-state index contributed by atoms with van der Waals surface area (Å²) in [7, 11) is 0. The van der Waals surface area contributed by atoms with E-state index in [1.165, 1.54) is 6.33 Å². The smallest absolute Gasteiger partial charge is 0.251 e. The van der Waals surface area contributed by atoms with Crippen LogP contribution in [0.25, 0.3) is 0 Å². The molecular weight excluding hydrogens is 366 g/mol. The van der Waals surface area contributed by atoms with Crippen LogP contribution in [0.4, 0.5) is 0 Å². The van der Waals surface area contributed by atoms with Gasteiger partial charge < -0.3 is 9.84 Å². The highest BCUT2D eigenvalue weighted by Crippen LogP contribution is 2.19. The molecule has 0 aliphatic carbocycles. The lowest BCUT2D eigenvalue weighted by Gasteiger charge is -2.04. The van der Waals surface area contributed by atoms with Gasteiger partial charge in [0.05, 0.1) is 0 Å². The van der Waals surface area contributed by atoms with Gasteiger partial charge >= 0.3 is 0 Å². The predicted molar refractivity (Wildman–Crippen MR) is 72.2 cm³/mol. The van der Waals surface area contributed by atoms with Crippen LogP contribution in [-0.4, -0.2) is 22.6 Å². The minimum atomic E-state index is -0.142. The van der Waals surface area contributed by atoms with Crippen LogP contribution in [-0.2, 0) is 6.42 Å². The third kappa shape index (κ3) is 3.64. The lowest BCUT2D eigenvalue weighted by Crippen LogP contribution is -2.25. The molecule has 0 aliphatic rings. The van der Waals surface area contributed by atoms with Gasteiger partial charge in [-0.3, -0.25) is 4.79 Å². The monoisotopic (exact) mass is 373 g/mol. The second-order valence-corrected chi connectivity index (χ2v) is 5.33. The number of hydrogen-bond donors (Lipinski definition) is 1. The van der Waals surface area contributed by atoms with Crippen molar-refractivity contribution in [3.05, 3.63) is 44.9 Å². The summed E-state index contributed by atoms with van der Waals surface area (Å²) in [5.74, 6) is 0.363. The van der Waals surface area contributed by atoms with Crippen LogP contribution < -0.4 is 5.32 Å². The van der Waals surface area contributed by atoms with E-state index in [1.54, 1.807) is 12.1 Å². The van der Waals surface area contributed by atoms with Gasteiger partial charge in [-0.2, -0.15) is 4.98 Å².